The van der Waals surface area contributed by atoms with E-state index in [1.807, 2.05) is 17.5 Å². The van der Waals surface area contributed by atoms with Gasteiger partial charge in [-0.05, 0) is 17.5 Å². The Bertz CT molecular complexity index is 419. The van der Waals surface area contributed by atoms with Crippen LogP contribution in [0.5, 0.6) is 0 Å². The van der Waals surface area contributed by atoms with E-state index in [0.29, 0.717) is 4.90 Å². The van der Waals surface area contributed by atoms with Crippen molar-refractivity contribution in [1.29, 1.82) is 0 Å². The summed E-state index contributed by atoms with van der Waals surface area (Å²) in [5.41, 5.74) is 0.882. The van der Waals surface area contributed by atoms with Crippen molar-refractivity contribution in [2.45, 2.75) is 4.90 Å². The lowest BCUT2D eigenvalue weighted by atomic mass is 10.3. The van der Waals surface area contributed by atoms with Crippen molar-refractivity contribution < 1.29 is 8.76 Å². The lowest BCUT2D eigenvalue weighted by Crippen LogP contribution is -1.82. The third-order valence-corrected chi connectivity index (χ3v) is 3.19. The number of thiophene rings is 1. The van der Waals surface area contributed by atoms with Gasteiger partial charge in [0, 0.05) is 6.20 Å². The van der Waals surface area contributed by atoms with E-state index in [-0.39, 0.29) is 0 Å². The molecule has 0 aliphatic carbocycles. The van der Waals surface area contributed by atoms with Crippen LogP contribution in [0.4, 0.5) is 0 Å². The van der Waals surface area contributed by atoms with E-state index in [1.54, 1.807) is 23.6 Å². The van der Waals surface area contributed by atoms with Crippen molar-refractivity contribution in [3.8, 4) is 10.6 Å². The molecule has 68 valence electrons. The Labute approximate surface area is 81.7 Å². The maximum absolute atomic E-state index is 10.7. The van der Waals surface area contributed by atoms with E-state index in [2.05, 4.69) is 4.98 Å². The Morgan fingerprint density at radius 3 is 2.92 bits per heavy atom. The topological polar surface area (TPSA) is 53.1 Å². The highest BCUT2D eigenvalue weighted by Crippen LogP contribution is 2.24. The molecule has 0 aliphatic rings. The molecule has 0 spiro atoms. The van der Waals surface area contributed by atoms with Gasteiger partial charge in [-0.3, -0.25) is 0 Å². The molecule has 3 nitrogen and oxygen atoms in total. The summed E-state index contributed by atoms with van der Waals surface area (Å²) in [6.07, 6.45) is 1.55. The van der Waals surface area contributed by atoms with Crippen LogP contribution >= 0.6 is 11.3 Å². The van der Waals surface area contributed by atoms with Crippen LogP contribution in [-0.2, 0) is 11.1 Å². The van der Waals surface area contributed by atoms with Crippen LogP contribution in [0.25, 0.3) is 10.6 Å². The standard InChI is InChI=1S/C8H7NO2S2/c10-13(11)6-4-7(9-5-6)8-2-1-3-12-8/h1-5,9H,(H,10,11). The van der Waals surface area contributed by atoms with Crippen LogP contribution in [0.2, 0.25) is 0 Å². The first-order valence-corrected chi connectivity index (χ1v) is 5.59. The lowest BCUT2D eigenvalue weighted by molar-refractivity contribution is 0.564. The van der Waals surface area contributed by atoms with E-state index in [1.165, 1.54) is 0 Å². The molecule has 0 fully saturated rings. The van der Waals surface area contributed by atoms with Gasteiger partial charge in [0.25, 0.3) is 0 Å². The van der Waals surface area contributed by atoms with Gasteiger partial charge in [-0.1, -0.05) is 6.07 Å². The van der Waals surface area contributed by atoms with Gasteiger partial charge < -0.3 is 9.54 Å². The molecule has 0 aliphatic heterocycles. The summed E-state index contributed by atoms with van der Waals surface area (Å²) >= 11 is -0.307. The number of hydrogen-bond donors (Lipinski definition) is 2. The van der Waals surface area contributed by atoms with Gasteiger partial charge in [-0.25, -0.2) is 4.21 Å². The molecular formula is C8H7NO2S2. The van der Waals surface area contributed by atoms with Crippen molar-refractivity contribution in [2.75, 3.05) is 0 Å². The molecule has 2 rings (SSSR count). The number of aromatic amines is 1. The maximum atomic E-state index is 10.7. The highest BCUT2D eigenvalue weighted by atomic mass is 32.2. The molecule has 0 amide bonds. The largest absolute Gasteiger partial charge is 0.359 e. The fraction of sp³-hybridized carbons (Fsp3) is 0. The van der Waals surface area contributed by atoms with Gasteiger partial charge in [0.2, 0.25) is 0 Å². The summed E-state index contributed by atoms with van der Waals surface area (Å²) in [7, 11) is 0. The molecule has 2 aromatic heterocycles. The van der Waals surface area contributed by atoms with Crippen LogP contribution in [0.3, 0.4) is 0 Å². The van der Waals surface area contributed by atoms with Gasteiger partial charge in [0.15, 0.2) is 11.1 Å². The quantitative estimate of drug-likeness (QED) is 0.752. The Hall–Kier alpha value is -0.910. The van der Waals surface area contributed by atoms with Crippen molar-refractivity contribution in [1.82, 2.24) is 4.98 Å². The van der Waals surface area contributed by atoms with Gasteiger partial charge in [-0.2, -0.15) is 0 Å². The first-order chi connectivity index (χ1) is 6.27. The van der Waals surface area contributed by atoms with Crippen LogP contribution < -0.4 is 0 Å². The van der Waals surface area contributed by atoms with E-state index in [0.717, 1.165) is 10.6 Å². The number of H-pyrrole nitrogens is 1. The van der Waals surface area contributed by atoms with Gasteiger partial charge >= 0.3 is 0 Å². The fourth-order valence-electron chi connectivity index (χ4n) is 1.05. The minimum Gasteiger partial charge on any atom is -0.359 e. The average molecular weight is 213 g/mol. The number of nitrogens with one attached hydrogen (secondary N) is 1. The molecule has 0 radical (unpaired) electrons. The smallest absolute Gasteiger partial charge is 0.188 e. The average Bonchev–Trinajstić information content (AvgIpc) is 2.75. The Morgan fingerprint density at radius 2 is 2.38 bits per heavy atom. The molecule has 2 aromatic rings. The predicted molar refractivity (Wildman–Crippen MR) is 53.1 cm³/mol. The molecule has 0 saturated heterocycles. The number of hydrogen-bond acceptors (Lipinski definition) is 2. The zero-order chi connectivity index (χ0) is 9.26. The van der Waals surface area contributed by atoms with E-state index < -0.39 is 11.1 Å². The molecule has 1 unspecified atom stereocenters. The van der Waals surface area contributed by atoms with Crippen LogP contribution in [0, 0.1) is 0 Å². The lowest BCUT2D eigenvalue weighted by Gasteiger charge is -1.87. The third-order valence-electron chi connectivity index (χ3n) is 1.64. The minimum atomic E-state index is -1.90. The minimum absolute atomic E-state index is 0.406. The Kier molecular flexibility index (Phi) is 2.30. The van der Waals surface area contributed by atoms with E-state index in [4.69, 9.17) is 4.55 Å². The molecule has 1 atom stereocenters. The predicted octanol–water partition coefficient (Wildman–Crippen LogP) is 2.32. The fourth-order valence-corrected chi connectivity index (χ4v) is 2.13. The first kappa shape index (κ1) is 8.68. The molecule has 0 saturated carbocycles. The highest BCUT2D eigenvalue weighted by molar-refractivity contribution is 7.79. The number of rotatable bonds is 2. The molecule has 2 heterocycles. The monoisotopic (exact) mass is 213 g/mol. The van der Waals surface area contributed by atoms with Gasteiger partial charge in [0.1, 0.15) is 0 Å². The molecule has 0 bridgehead atoms. The van der Waals surface area contributed by atoms with Crippen LogP contribution in [0.1, 0.15) is 0 Å². The van der Waals surface area contributed by atoms with Crippen LogP contribution in [0.15, 0.2) is 34.7 Å². The zero-order valence-electron chi connectivity index (χ0n) is 6.56. The summed E-state index contributed by atoms with van der Waals surface area (Å²) in [6, 6.07) is 5.58. The number of aromatic nitrogens is 1. The maximum Gasteiger partial charge on any atom is 0.188 e. The summed E-state index contributed by atoms with van der Waals surface area (Å²) in [6.45, 7) is 0. The summed E-state index contributed by atoms with van der Waals surface area (Å²) in [5, 5.41) is 1.96. The van der Waals surface area contributed by atoms with Gasteiger partial charge in [0.05, 0.1) is 15.5 Å². The molecule has 5 heteroatoms. The highest BCUT2D eigenvalue weighted by Gasteiger charge is 2.05. The summed E-state index contributed by atoms with van der Waals surface area (Å²) in [5.74, 6) is 0. The second-order valence-electron chi connectivity index (χ2n) is 2.48. The zero-order valence-corrected chi connectivity index (χ0v) is 8.19. The van der Waals surface area contributed by atoms with Crippen LogP contribution in [-0.4, -0.2) is 13.7 Å². The summed E-state index contributed by atoms with van der Waals surface area (Å²) in [4.78, 5) is 4.42. The SMILES string of the molecule is O=S(O)c1c[nH]c(-c2cccs2)c1. The molecular weight excluding hydrogens is 206 g/mol. The van der Waals surface area contributed by atoms with Crippen molar-refractivity contribution in [3.63, 3.8) is 0 Å². The molecule has 0 aromatic carbocycles. The normalized spacial score (nSPS) is 13.0. The van der Waals surface area contributed by atoms with Crippen molar-refractivity contribution >= 4 is 22.4 Å². The molecule has 13 heavy (non-hydrogen) atoms. The molecule has 2 N–H and O–H groups in total. The third kappa shape index (κ3) is 1.72. The Morgan fingerprint density at radius 1 is 1.54 bits per heavy atom. The first-order valence-electron chi connectivity index (χ1n) is 3.60. The van der Waals surface area contributed by atoms with E-state index in [9.17, 15) is 4.21 Å². The second kappa shape index (κ2) is 3.45. The van der Waals surface area contributed by atoms with Crippen molar-refractivity contribution in [3.05, 3.63) is 29.8 Å². The second-order valence-corrected chi connectivity index (χ2v) is 4.39. The Balaban J connectivity index is 2.39. The summed E-state index contributed by atoms with van der Waals surface area (Å²) < 4.78 is 19.5. The van der Waals surface area contributed by atoms with E-state index >= 15 is 0 Å². The van der Waals surface area contributed by atoms with Gasteiger partial charge in [-0.15, -0.1) is 11.3 Å². The van der Waals surface area contributed by atoms with Crippen molar-refractivity contribution in [2.24, 2.45) is 0 Å².